The first kappa shape index (κ1) is 12.3. The summed E-state index contributed by atoms with van der Waals surface area (Å²) < 4.78 is -0.187. The molecule has 0 radical (unpaired) electrons. The molecule has 0 saturated heterocycles. The third-order valence-electron chi connectivity index (χ3n) is 1.45. The molecule has 0 aliphatic rings. The SMILES string of the molecule is O=[N+]([O-])/C(Br)=C\Nc1ccc(Cl)cc1Cl. The van der Waals surface area contributed by atoms with Gasteiger partial charge in [-0.15, -0.1) is 0 Å². The highest BCUT2D eigenvalue weighted by molar-refractivity contribution is 9.11. The Morgan fingerprint density at radius 3 is 2.73 bits per heavy atom. The van der Waals surface area contributed by atoms with E-state index in [1.165, 1.54) is 6.20 Å². The topological polar surface area (TPSA) is 55.2 Å². The average Bonchev–Trinajstić information content (AvgIpc) is 2.15. The van der Waals surface area contributed by atoms with Crippen LogP contribution in [-0.4, -0.2) is 4.92 Å². The van der Waals surface area contributed by atoms with Gasteiger partial charge >= 0.3 is 4.61 Å². The molecule has 0 atom stereocenters. The van der Waals surface area contributed by atoms with Gasteiger partial charge in [0.25, 0.3) is 0 Å². The van der Waals surface area contributed by atoms with Gasteiger partial charge in [0.2, 0.25) is 0 Å². The first-order chi connectivity index (χ1) is 7.00. The second-order valence-corrected chi connectivity index (χ2v) is 4.15. The lowest BCUT2D eigenvalue weighted by atomic mass is 10.3. The van der Waals surface area contributed by atoms with Gasteiger partial charge in [-0.3, -0.25) is 10.1 Å². The lowest BCUT2D eigenvalue weighted by Crippen LogP contribution is -1.96. The largest absolute Gasteiger partial charge is 0.354 e. The summed E-state index contributed by atoms with van der Waals surface area (Å²) in [5.41, 5.74) is 0.542. The minimum atomic E-state index is -0.573. The van der Waals surface area contributed by atoms with Gasteiger partial charge in [0.15, 0.2) is 0 Å². The minimum Gasteiger partial charge on any atom is -0.354 e. The van der Waals surface area contributed by atoms with E-state index < -0.39 is 4.92 Å². The summed E-state index contributed by atoms with van der Waals surface area (Å²) in [6.07, 6.45) is 1.19. The first-order valence-corrected chi connectivity index (χ1v) is 5.27. The Hall–Kier alpha value is -0.780. The molecule has 1 aromatic rings. The summed E-state index contributed by atoms with van der Waals surface area (Å²) in [5.74, 6) is 0. The summed E-state index contributed by atoms with van der Waals surface area (Å²) >= 11 is 14.3. The van der Waals surface area contributed by atoms with Crippen LogP contribution < -0.4 is 5.32 Å². The molecule has 4 nitrogen and oxygen atoms in total. The number of nitro groups is 1. The molecule has 0 fully saturated rings. The average molecular weight is 312 g/mol. The smallest absolute Gasteiger partial charge is 0.326 e. The second-order valence-electron chi connectivity index (χ2n) is 2.49. The van der Waals surface area contributed by atoms with Crippen LogP contribution in [0, 0.1) is 10.1 Å². The van der Waals surface area contributed by atoms with Crippen LogP contribution >= 0.6 is 39.1 Å². The first-order valence-electron chi connectivity index (χ1n) is 3.72. The van der Waals surface area contributed by atoms with Crippen LogP contribution in [0.25, 0.3) is 0 Å². The lowest BCUT2D eigenvalue weighted by molar-refractivity contribution is -0.409. The maximum absolute atomic E-state index is 10.3. The molecule has 0 aliphatic heterocycles. The number of hydrogen-bond donors (Lipinski definition) is 1. The van der Waals surface area contributed by atoms with Gasteiger partial charge in [-0.05, 0) is 18.2 Å². The number of anilines is 1. The van der Waals surface area contributed by atoms with Crippen LogP contribution in [-0.2, 0) is 0 Å². The monoisotopic (exact) mass is 310 g/mol. The van der Waals surface area contributed by atoms with Gasteiger partial charge in [0.05, 0.1) is 21.8 Å². The molecule has 0 aromatic heterocycles. The highest BCUT2D eigenvalue weighted by Gasteiger charge is 2.05. The van der Waals surface area contributed by atoms with Crippen LogP contribution in [0.3, 0.4) is 0 Å². The molecule has 7 heteroatoms. The predicted octanol–water partition coefficient (Wildman–Crippen LogP) is 3.88. The summed E-state index contributed by atoms with van der Waals surface area (Å²) in [4.78, 5) is 9.68. The van der Waals surface area contributed by atoms with Crippen molar-refractivity contribution in [2.75, 3.05) is 5.32 Å². The van der Waals surface area contributed by atoms with E-state index in [2.05, 4.69) is 21.2 Å². The van der Waals surface area contributed by atoms with E-state index in [0.29, 0.717) is 15.7 Å². The van der Waals surface area contributed by atoms with Crippen molar-refractivity contribution in [2.24, 2.45) is 0 Å². The van der Waals surface area contributed by atoms with Crippen molar-refractivity contribution in [1.82, 2.24) is 0 Å². The van der Waals surface area contributed by atoms with Crippen molar-refractivity contribution in [2.45, 2.75) is 0 Å². The molecular weight excluding hydrogens is 307 g/mol. The number of nitrogens with one attached hydrogen (secondary N) is 1. The number of halogens is 3. The van der Waals surface area contributed by atoms with Gasteiger partial charge in [-0.1, -0.05) is 23.2 Å². The Balaban J connectivity index is 2.82. The third kappa shape index (κ3) is 3.70. The van der Waals surface area contributed by atoms with Crippen molar-refractivity contribution in [1.29, 1.82) is 0 Å². The molecule has 80 valence electrons. The molecule has 0 saturated carbocycles. The van der Waals surface area contributed by atoms with Crippen LogP contribution in [0.4, 0.5) is 5.69 Å². The summed E-state index contributed by atoms with van der Waals surface area (Å²) in [7, 11) is 0. The molecule has 1 N–H and O–H groups in total. The molecule has 0 bridgehead atoms. The molecule has 15 heavy (non-hydrogen) atoms. The van der Waals surface area contributed by atoms with Gasteiger partial charge in [-0.25, -0.2) is 0 Å². The second kappa shape index (κ2) is 5.34. The summed E-state index contributed by atoms with van der Waals surface area (Å²) in [5, 5.41) is 13.8. The van der Waals surface area contributed by atoms with Crippen molar-refractivity contribution >= 4 is 44.8 Å². The Morgan fingerprint density at radius 2 is 2.20 bits per heavy atom. The molecule has 1 rings (SSSR count). The Labute approximate surface area is 104 Å². The lowest BCUT2D eigenvalue weighted by Gasteiger charge is -2.02. The predicted molar refractivity (Wildman–Crippen MR) is 64.1 cm³/mol. The third-order valence-corrected chi connectivity index (χ3v) is 2.52. The molecule has 0 aliphatic carbocycles. The maximum atomic E-state index is 10.3. The van der Waals surface area contributed by atoms with E-state index in [1.807, 2.05) is 0 Å². The van der Waals surface area contributed by atoms with E-state index in [1.54, 1.807) is 18.2 Å². The zero-order valence-electron chi connectivity index (χ0n) is 7.21. The fourth-order valence-electron chi connectivity index (χ4n) is 0.797. The number of nitrogens with zero attached hydrogens (tertiary/aromatic N) is 1. The van der Waals surface area contributed by atoms with Gasteiger partial charge in [0, 0.05) is 21.0 Å². The standard InChI is InChI=1S/C8H5BrCl2N2O2/c9-8(13(14)15)4-12-7-2-1-5(10)3-6(7)11/h1-4,12H/b8-4-. The van der Waals surface area contributed by atoms with E-state index in [-0.39, 0.29) is 4.61 Å². The zero-order valence-corrected chi connectivity index (χ0v) is 10.3. The van der Waals surface area contributed by atoms with Crippen LogP contribution in [0.2, 0.25) is 10.0 Å². The van der Waals surface area contributed by atoms with Crippen LogP contribution in [0.15, 0.2) is 29.0 Å². The molecular formula is C8H5BrCl2N2O2. The summed E-state index contributed by atoms with van der Waals surface area (Å²) in [6.45, 7) is 0. The summed E-state index contributed by atoms with van der Waals surface area (Å²) in [6, 6.07) is 4.80. The fourth-order valence-corrected chi connectivity index (χ4v) is 1.37. The molecule has 0 unspecified atom stereocenters. The number of hydrogen-bond acceptors (Lipinski definition) is 3. The zero-order chi connectivity index (χ0) is 11.4. The Kier molecular flexibility index (Phi) is 4.38. The highest BCUT2D eigenvalue weighted by Crippen LogP contribution is 2.25. The van der Waals surface area contributed by atoms with E-state index in [0.717, 1.165) is 0 Å². The van der Waals surface area contributed by atoms with Crippen molar-refractivity contribution < 1.29 is 4.92 Å². The Morgan fingerprint density at radius 1 is 1.53 bits per heavy atom. The van der Waals surface area contributed by atoms with Crippen molar-refractivity contribution in [3.8, 4) is 0 Å². The number of rotatable bonds is 3. The van der Waals surface area contributed by atoms with Crippen molar-refractivity contribution in [3.05, 3.63) is 49.2 Å². The fraction of sp³-hybridized carbons (Fsp3) is 0. The van der Waals surface area contributed by atoms with Gasteiger partial charge in [-0.2, -0.15) is 0 Å². The van der Waals surface area contributed by atoms with Crippen LogP contribution in [0.5, 0.6) is 0 Å². The Bertz CT molecular complexity index is 423. The molecule has 1 aromatic carbocycles. The van der Waals surface area contributed by atoms with Gasteiger partial charge < -0.3 is 5.32 Å². The van der Waals surface area contributed by atoms with E-state index >= 15 is 0 Å². The van der Waals surface area contributed by atoms with Gasteiger partial charge in [0.1, 0.15) is 0 Å². The van der Waals surface area contributed by atoms with E-state index in [9.17, 15) is 10.1 Å². The van der Waals surface area contributed by atoms with Crippen molar-refractivity contribution in [3.63, 3.8) is 0 Å². The normalized spacial score (nSPS) is 11.3. The maximum Gasteiger partial charge on any atom is 0.326 e. The number of benzene rings is 1. The van der Waals surface area contributed by atoms with Crippen LogP contribution in [0.1, 0.15) is 0 Å². The quantitative estimate of drug-likeness (QED) is 0.523. The van der Waals surface area contributed by atoms with E-state index in [4.69, 9.17) is 23.2 Å². The highest BCUT2D eigenvalue weighted by atomic mass is 79.9. The molecule has 0 heterocycles. The molecule has 0 spiro atoms. The minimum absolute atomic E-state index is 0.187. The molecule has 0 amide bonds.